The fraction of sp³-hybridized carbons (Fsp3) is 0.286. The number of ether oxygens (including phenoxy) is 3. The van der Waals surface area contributed by atoms with Crippen LogP contribution in [0.15, 0.2) is 75.1 Å². The van der Waals surface area contributed by atoms with E-state index in [1.807, 2.05) is 17.0 Å². The zero-order valence-electron chi connectivity index (χ0n) is 23.7. The highest BCUT2D eigenvalue weighted by Crippen LogP contribution is 2.41. The van der Waals surface area contributed by atoms with Crippen molar-refractivity contribution in [1.29, 1.82) is 0 Å². The van der Waals surface area contributed by atoms with Crippen LogP contribution in [0, 0.1) is 10.1 Å². The normalized spacial score (nSPS) is 11.3. The zero-order chi connectivity index (χ0) is 30.8. The molecule has 0 saturated heterocycles. The summed E-state index contributed by atoms with van der Waals surface area (Å²) in [6, 6.07) is 15.0. The molecule has 0 aliphatic heterocycles. The third-order valence-electron chi connectivity index (χ3n) is 6.04. The summed E-state index contributed by atoms with van der Waals surface area (Å²) in [5.74, 6) is 0.415. The maximum atomic E-state index is 11.1. The Hall–Kier alpha value is -5.02. The van der Waals surface area contributed by atoms with Crippen molar-refractivity contribution >= 4 is 61.1 Å². The number of carbonyl (C=O) groups excluding carboxylic acids is 1. The van der Waals surface area contributed by atoms with E-state index in [9.17, 15) is 20.0 Å². The minimum Gasteiger partial charge on any atom is -0.494 e. The molecule has 14 nitrogen and oxygen atoms in total. The number of aliphatic hydroxyl groups excluding tert-OH is 1. The van der Waals surface area contributed by atoms with E-state index in [0.717, 1.165) is 5.69 Å². The van der Waals surface area contributed by atoms with Gasteiger partial charge in [-0.1, -0.05) is 11.3 Å². The van der Waals surface area contributed by atoms with E-state index in [1.165, 1.54) is 44.6 Å². The molecule has 0 bridgehead atoms. The summed E-state index contributed by atoms with van der Waals surface area (Å²) in [5, 5.41) is 37.7. The molecule has 1 heterocycles. The number of non-ortho nitro benzene ring substituents is 1. The first-order valence-electron chi connectivity index (χ1n) is 13.0. The van der Waals surface area contributed by atoms with Gasteiger partial charge in [0, 0.05) is 50.0 Å². The average molecular weight is 608 g/mol. The van der Waals surface area contributed by atoms with Gasteiger partial charge < -0.3 is 24.2 Å². The molecular formula is C28H29N7O7S. The molecule has 0 aliphatic carbocycles. The molecule has 4 rings (SSSR count). The first-order valence-corrected chi connectivity index (χ1v) is 13.9. The van der Waals surface area contributed by atoms with Crippen LogP contribution in [0.25, 0.3) is 10.2 Å². The predicted molar refractivity (Wildman–Crippen MR) is 161 cm³/mol. The smallest absolute Gasteiger partial charge is 0.302 e. The number of rotatable bonds is 14. The number of hydrogen-bond donors (Lipinski definition) is 1. The van der Waals surface area contributed by atoms with Crippen LogP contribution in [0.2, 0.25) is 0 Å². The second kappa shape index (κ2) is 14.7. The van der Waals surface area contributed by atoms with Gasteiger partial charge in [-0.05, 0) is 36.8 Å². The highest BCUT2D eigenvalue weighted by Gasteiger charge is 2.14. The Bertz CT molecular complexity index is 1640. The molecule has 1 N–H and O–H groups in total. The quantitative estimate of drug-likeness (QED) is 0.0699. The maximum Gasteiger partial charge on any atom is 0.302 e. The number of fused-ring (bicyclic) bond motifs is 1. The third kappa shape index (κ3) is 8.27. The van der Waals surface area contributed by atoms with Crippen molar-refractivity contribution in [1.82, 2.24) is 4.98 Å². The maximum absolute atomic E-state index is 11.1. The molecule has 0 unspecified atom stereocenters. The first kappa shape index (κ1) is 30.9. The fourth-order valence-corrected chi connectivity index (χ4v) is 4.77. The molecule has 0 fully saturated rings. The minimum absolute atomic E-state index is 0.0250. The Kier molecular flexibility index (Phi) is 10.6. The summed E-state index contributed by atoms with van der Waals surface area (Å²) in [6.45, 7) is 2.74. The molecule has 0 spiro atoms. The lowest BCUT2D eigenvalue weighted by molar-refractivity contribution is -0.384. The molecular weight excluding hydrogens is 578 g/mol. The summed E-state index contributed by atoms with van der Waals surface area (Å²) in [6.07, 6.45) is 0.574. The van der Waals surface area contributed by atoms with Gasteiger partial charge in [0.25, 0.3) is 5.69 Å². The number of aliphatic hydroxyl groups is 1. The highest BCUT2D eigenvalue weighted by molar-refractivity contribution is 7.21. The number of hydrogen-bond acceptors (Lipinski definition) is 14. The fourth-order valence-electron chi connectivity index (χ4n) is 3.95. The molecule has 15 heteroatoms. The number of thiazole rings is 1. The average Bonchev–Trinajstić information content (AvgIpc) is 3.43. The second-order valence-corrected chi connectivity index (χ2v) is 9.93. The molecule has 0 aliphatic rings. The minimum atomic E-state index is -0.462. The van der Waals surface area contributed by atoms with Gasteiger partial charge in [-0.2, -0.15) is 5.11 Å². The number of nitro benzene ring substituents is 1. The van der Waals surface area contributed by atoms with Gasteiger partial charge in [-0.25, -0.2) is 4.98 Å². The number of nitro groups is 1. The Labute approximate surface area is 250 Å². The van der Waals surface area contributed by atoms with Gasteiger partial charge in [-0.15, -0.1) is 15.3 Å². The number of nitrogens with zero attached hydrogens (tertiary/aromatic N) is 7. The zero-order valence-corrected chi connectivity index (χ0v) is 24.5. The van der Waals surface area contributed by atoms with Crippen molar-refractivity contribution < 1.29 is 29.0 Å². The lowest BCUT2D eigenvalue weighted by Crippen LogP contribution is -2.29. The highest BCUT2D eigenvalue weighted by atomic mass is 32.1. The molecule has 224 valence electrons. The third-order valence-corrected chi connectivity index (χ3v) is 6.94. The van der Waals surface area contributed by atoms with E-state index in [1.54, 1.807) is 30.3 Å². The van der Waals surface area contributed by atoms with Crippen molar-refractivity contribution in [2.45, 2.75) is 13.3 Å². The number of methoxy groups -OCH3 is 2. The van der Waals surface area contributed by atoms with Crippen LogP contribution in [-0.4, -0.2) is 61.5 Å². The first-order chi connectivity index (χ1) is 20.8. The molecule has 0 atom stereocenters. The molecule has 0 amide bonds. The van der Waals surface area contributed by atoms with E-state index < -0.39 is 4.92 Å². The molecule has 43 heavy (non-hydrogen) atoms. The van der Waals surface area contributed by atoms with E-state index in [0.29, 0.717) is 63.4 Å². The van der Waals surface area contributed by atoms with E-state index in [-0.39, 0.29) is 24.9 Å². The summed E-state index contributed by atoms with van der Waals surface area (Å²) in [5.41, 5.74) is 2.80. The van der Waals surface area contributed by atoms with Crippen LogP contribution in [-0.2, 0) is 9.53 Å². The van der Waals surface area contributed by atoms with Crippen LogP contribution in [0.5, 0.6) is 11.5 Å². The van der Waals surface area contributed by atoms with Crippen molar-refractivity contribution in [3.63, 3.8) is 0 Å². The van der Waals surface area contributed by atoms with E-state index in [2.05, 4.69) is 25.4 Å². The Balaban J connectivity index is 1.51. The number of aromatic nitrogens is 1. The van der Waals surface area contributed by atoms with E-state index >= 15 is 0 Å². The van der Waals surface area contributed by atoms with Crippen molar-refractivity contribution in [3.05, 3.63) is 64.7 Å². The van der Waals surface area contributed by atoms with Gasteiger partial charge in [-0.3, -0.25) is 14.9 Å². The number of anilines is 1. The summed E-state index contributed by atoms with van der Waals surface area (Å²) < 4.78 is 16.7. The number of azo groups is 2. The van der Waals surface area contributed by atoms with Gasteiger partial charge in [0.15, 0.2) is 0 Å². The topological polar surface area (TPSA) is 174 Å². The van der Waals surface area contributed by atoms with Crippen LogP contribution in [0.4, 0.5) is 33.6 Å². The number of esters is 1. The van der Waals surface area contributed by atoms with Gasteiger partial charge in [0.1, 0.15) is 29.5 Å². The van der Waals surface area contributed by atoms with Gasteiger partial charge in [0.2, 0.25) is 5.13 Å². The second-order valence-electron chi connectivity index (χ2n) is 8.92. The number of carbonyl (C=O) groups is 1. The van der Waals surface area contributed by atoms with E-state index in [4.69, 9.17) is 14.2 Å². The Morgan fingerprint density at radius 3 is 2.26 bits per heavy atom. The van der Waals surface area contributed by atoms with Crippen LogP contribution in [0.1, 0.15) is 13.3 Å². The van der Waals surface area contributed by atoms with Gasteiger partial charge >= 0.3 is 5.97 Å². The Morgan fingerprint density at radius 2 is 1.65 bits per heavy atom. The molecule has 0 radical (unpaired) electrons. The van der Waals surface area contributed by atoms with Crippen LogP contribution >= 0.6 is 11.3 Å². The van der Waals surface area contributed by atoms with Crippen molar-refractivity contribution in [2.24, 2.45) is 20.5 Å². The predicted octanol–water partition coefficient (Wildman–Crippen LogP) is 6.80. The monoisotopic (exact) mass is 607 g/mol. The Morgan fingerprint density at radius 1 is 0.977 bits per heavy atom. The lowest BCUT2D eigenvalue weighted by Gasteiger charge is -2.24. The molecule has 3 aromatic carbocycles. The van der Waals surface area contributed by atoms with Crippen molar-refractivity contribution in [3.8, 4) is 11.5 Å². The summed E-state index contributed by atoms with van der Waals surface area (Å²) in [7, 11) is 2.98. The van der Waals surface area contributed by atoms with Crippen LogP contribution in [0.3, 0.4) is 0 Å². The van der Waals surface area contributed by atoms with Gasteiger partial charge in [0.05, 0.1) is 41.6 Å². The molecule has 4 aromatic rings. The largest absolute Gasteiger partial charge is 0.494 e. The molecule has 0 saturated carbocycles. The summed E-state index contributed by atoms with van der Waals surface area (Å²) >= 11 is 1.18. The van der Waals surface area contributed by atoms with Crippen LogP contribution < -0.4 is 14.4 Å². The van der Waals surface area contributed by atoms with Crippen molar-refractivity contribution in [2.75, 3.05) is 45.4 Å². The summed E-state index contributed by atoms with van der Waals surface area (Å²) in [4.78, 5) is 28.1. The molecule has 1 aromatic heterocycles. The number of benzene rings is 3. The SMILES string of the molecule is COc1cc(N=Nc2nc3ccc([N+](=O)[O-])cc3s2)c(OC)cc1N=Nc1ccc(N(CCCO)CCOC(C)=O)cc1. The standard InChI is InChI=1S/C28H29N7O7S/c1-18(37)42-14-12-34(11-4-13-36)20-7-5-19(6-8-20)30-31-23-16-26(41-3)24(17-25(23)40-2)32-33-28-29-22-10-9-21(35(38)39)15-27(22)43-28/h5-10,15-17,36H,4,11-14H2,1-3H3. The lowest BCUT2D eigenvalue weighted by atomic mass is 10.2.